The third-order valence-corrected chi connectivity index (χ3v) is 27.4. The van der Waals surface area contributed by atoms with Gasteiger partial charge in [-0.3, -0.25) is 14.4 Å². The highest BCUT2D eigenvalue weighted by molar-refractivity contribution is 6.74. The first-order valence-electron chi connectivity index (χ1n) is 26.4. The summed E-state index contributed by atoms with van der Waals surface area (Å²) in [7, 11) is -5.44. The van der Waals surface area contributed by atoms with E-state index < -0.39 is 116 Å². The van der Waals surface area contributed by atoms with Crippen molar-refractivity contribution in [2.24, 2.45) is 16.7 Å². The van der Waals surface area contributed by atoms with Gasteiger partial charge < -0.3 is 43.0 Å². The zero-order valence-corrected chi connectivity index (χ0v) is 47.5. The van der Waals surface area contributed by atoms with Gasteiger partial charge in [-0.05, 0) is 91.1 Å². The third kappa shape index (κ3) is 9.17. The summed E-state index contributed by atoms with van der Waals surface area (Å²) in [6.07, 6.45) is -6.11. The zero-order chi connectivity index (χ0) is 54.0. The summed E-state index contributed by atoms with van der Waals surface area (Å²) >= 11 is 0. The van der Waals surface area contributed by atoms with Gasteiger partial charge in [0.15, 0.2) is 39.7 Å². The van der Waals surface area contributed by atoms with Crippen molar-refractivity contribution in [2.75, 3.05) is 13.2 Å². The highest BCUT2D eigenvalue weighted by Crippen LogP contribution is 2.68. The standard InChI is InChI=1S/C58H77NO13Si2/c1-14-74(15-2,16-3)71-42-32-43-56(34-66-43,70-37(5)60)47-48(69-50(62)40-30-24-19-25-31-40)58(65)33-41(36(4)46(54(58,9)10)57(35-67-57)52(64)55(42,47)11)68-51(63)45(72-73(12,13)53(6,7)8)44(38-26-20-17-21-27-38)59-49(61)39-28-22-18-23-29-39/h17-31,41-45,47-48,65H,14-16,32-35H2,1-13H3,(H,59,61)/t41-,42-,43+,44-,45+,47-,48-,55+,56-,57-,58+/m0/s1. The lowest BCUT2D eigenvalue weighted by molar-refractivity contribution is -0.344. The molecule has 1 spiro atoms. The van der Waals surface area contributed by atoms with Gasteiger partial charge in [-0.25, -0.2) is 9.59 Å². The van der Waals surface area contributed by atoms with Gasteiger partial charge in [0.1, 0.15) is 23.9 Å². The van der Waals surface area contributed by atoms with E-state index in [1.54, 1.807) is 82.3 Å². The summed E-state index contributed by atoms with van der Waals surface area (Å²) in [6.45, 7) is 24.8. The molecule has 0 aromatic heterocycles. The van der Waals surface area contributed by atoms with Crippen LogP contribution in [-0.4, -0.2) is 112 Å². The van der Waals surface area contributed by atoms with E-state index in [1.165, 1.54) is 6.92 Å². The van der Waals surface area contributed by atoms with E-state index >= 15 is 9.59 Å². The third-order valence-electron chi connectivity index (χ3n) is 18.3. The van der Waals surface area contributed by atoms with Crippen molar-refractivity contribution in [3.8, 4) is 0 Å². The number of Topliss-reactive ketones (excluding diaryl/α,β-unsaturated/α-hetero) is 1. The largest absolute Gasteiger partial charge is 0.456 e. The maximum Gasteiger partial charge on any atom is 0.338 e. The van der Waals surface area contributed by atoms with Gasteiger partial charge in [0.2, 0.25) is 0 Å². The number of ether oxygens (including phenoxy) is 5. The molecule has 14 nitrogen and oxygen atoms in total. The number of hydrogen-bond acceptors (Lipinski definition) is 13. The molecule has 74 heavy (non-hydrogen) atoms. The molecule has 3 aromatic carbocycles. The summed E-state index contributed by atoms with van der Waals surface area (Å²) in [6, 6.07) is 27.4. The average molecular weight is 1050 g/mol. The first-order valence-corrected chi connectivity index (χ1v) is 31.8. The monoisotopic (exact) mass is 1050 g/mol. The van der Waals surface area contributed by atoms with E-state index in [0.717, 1.165) is 18.1 Å². The quantitative estimate of drug-likeness (QED) is 0.0455. The Hall–Kier alpha value is -4.82. The number of fused-ring (bicyclic) bond motifs is 6. The molecule has 3 aromatic rings. The summed E-state index contributed by atoms with van der Waals surface area (Å²) in [5.74, 6) is -4.33. The predicted molar refractivity (Wildman–Crippen MR) is 283 cm³/mol. The number of hydrogen-bond donors (Lipinski definition) is 2. The Kier molecular flexibility index (Phi) is 14.9. The van der Waals surface area contributed by atoms with E-state index in [1.807, 2.05) is 49.5 Å². The molecule has 0 unspecified atom stereocenters. The second kappa shape index (κ2) is 20.0. The minimum absolute atomic E-state index is 0.0563. The molecule has 2 N–H and O–H groups in total. The molecule has 2 aliphatic heterocycles. The maximum absolute atomic E-state index is 16.6. The van der Waals surface area contributed by atoms with E-state index in [2.05, 4.69) is 46.9 Å². The van der Waals surface area contributed by atoms with Crippen molar-refractivity contribution in [2.45, 2.75) is 179 Å². The fraction of sp³-hybridized carbons (Fsp3) is 0.569. The van der Waals surface area contributed by atoms with Gasteiger partial charge >= 0.3 is 17.9 Å². The van der Waals surface area contributed by atoms with Crippen molar-refractivity contribution in [3.63, 3.8) is 0 Å². The van der Waals surface area contributed by atoms with Crippen LogP contribution in [0.4, 0.5) is 0 Å². The topological polar surface area (TPSA) is 186 Å². The Labute approximate surface area is 438 Å². The number of epoxide rings is 1. The SMILES string of the molecule is CC[Si](CC)(CC)O[C@H]1C[C@H]2OC[C@@]2(OC(C)=O)[C@H]2[C@H](OC(=O)c3ccccc3)[C@]3(O)C[C@H](OC(=O)[C@H](O[Si](C)(C)C(C)(C)C)[C@@H](NC(=O)c4ccccc4)c4ccccc4)C(C)=C(C3(C)C)[C@@]3(CO3)C(=O)[C@]12C. The molecule has 2 saturated carbocycles. The number of amides is 1. The predicted octanol–water partition coefficient (Wildman–Crippen LogP) is 9.63. The van der Waals surface area contributed by atoms with Crippen LogP contribution in [0, 0.1) is 16.7 Å². The van der Waals surface area contributed by atoms with Crippen molar-refractivity contribution in [1.29, 1.82) is 0 Å². The highest BCUT2D eigenvalue weighted by atomic mass is 28.4. The van der Waals surface area contributed by atoms with E-state index in [4.69, 9.17) is 32.5 Å². The van der Waals surface area contributed by atoms with E-state index in [0.29, 0.717) is 22.3 Å². The van der Waals surface area contributed by atoms with Gasteiger partial charge in [0.25, 0.3) is 5.91 Å². The van der Waals surface area contributed by atoms with Crippen LogP contribution in [0.15, 0.2) is 102 Å². The maximum atomic E-state index is 16.6. The first kappa shape index (κ1) is 55.4. The molecule has 0 radical (unpaired) electrons. The molecule has 8 rings (SSSR count). The Balaban J connectivity index is 1.34. The number of ketones is 1. The molecule has 2 saturated heterocycles. The number of carbonyl (C=O) groups excluding carboxylic acids is 5. The summed E-state index contributed by atoms with van der Waals surface area (Å²) < 4.78 is 47.5. The Bertz CT molecular complexity index is 2640. The van der Waals surface area contributed by atoms with E-state index in [-0.39, 0.29) is 37.4 Å². The van der Waals surface area contributed by atoms with Crippen LogP contribution < -0.4 is 5.32 Å². The molecule has 5 aliphatic rings. The summed E-state index contributed by atoms with van der Waals surface area (Å²) in [4.78, 5) is 74.9. The second-order valence-corrected chi connectivity index (χ2v) is 33.1. The molecule has 4 fully saturated rings. The van der Waals surface area contributed by atoms with Crippen molar-refractivity contribution >= 4 is 46.2 Å². The van der Waals surface area contributed by atoms with Crippen molar-refractivity contribution in [1.82, 2.24) is 5.32 Å². The van der Waals surface area contributed by atoms with Gasteiger partial charge in [0, 0.05) is 30.7 Å². The number of nitrogens with one attached hydrogen (secondary N) is 1. The van der Waals surface area contributed by atoms with Gasteiger partial charge in [0.05, 0.1) is 42.3 Å². The summed E-state index contributed by atoms with van der Waals surface area (Å²) in [5.41, 5.74) is -6.47. The van der Waals surface area contributed by atoms with Gasteiger partial charge in [-0.1, -0.05) is 122 Å². The lowest BCUT2D eigenvalue weighted by atomic mass is 9.43. The van der Waals surface area contributed by atoms with Crippen LogP contribution in [-0.2, 0) is 46.9 Å². The fourth-order valence-corrected chi connectivity index (χ4v) is 16.8. The number of rotatable bonds is 16. The minimum atomic E-state index is -2.89. The second-order valence-electron chi connectivity index (χ2n) is 23.6. The fourth-order valence-electron chi connectivity index (χ4n) is 12.7. The highest BCUT2D eigenvalue weighted by Gasteiger charge is 2.82. The molecule has 2 bridgehead atoms. The molecular formula is C58H77NO13Si2. The van der Waals surface area contributed by atoms with Crippen molar-refractivity contribution in [3.05, 3.63) is 119 Å². The van der Waals surface area contributed by atoms with Crippen molar-refractivity contribution < 1.29 is 61.6 Å². The number of carbonyl (C=O) groups is 5. The first-order chi connectivity index (χ1) is 34.7. The summed E-state index contributed by atoms with van der Waals surface area (Å²) in [5, 5.41) is 17.1. The number of esters is 3. The van der Waals surface area contributed by atoms with Crippen LogP contribution in [0.5, 0.6) is 0 Å². The molecule has 2 heterocycles. The number of benzene rings is 3. The Morgan fingerprint density at radius 2 is 1.39 bits per heavy atom. The molecule has 16 heteroatoms. The van der Waals surface area contributed by atoms with Crippen LogP contribution in [0.3, 0.4) is 0 Å². The van der Waals surface area contributed by atoms with Crippen LogP contribution >= 0.6 is 0 Å². The smallest absolute Gasteiger partial charge is 0.338 e. The normalized spacial score (nSPS) is 31.1. The molecule has 400 valence electrons. The van der Waals surface area contributed by atoms with Gasteiger partial charge in [-0.15, -0.1) is 0 Å². The van der Waals surface area contributed by atoms with Crippen LogP contribution in [0.1, 0.15) is 121 Å². The molecule has 3 aliphatic carbocycles. The average Bonchev–Trinajstić information content (AvgIpc) is 4.16. The Morgan fingerprint density at radius 1 is 0.838 bits per heavy atom. The van der Waals surface area contributed by atoms with Crippen LogP contribution in [0.25, 0.3) is 0 Å². The van der Waals surface area contributed by atoms with E-state index in [9.17, 15) is 19.5 Å². The van der Waals surface area contributed by atoms with Gasteiger partial charge in [-0.2, -0.15) is 0 Å². The lowest BCUT2D eigenvalue weighted by Gasteiger charge is -2.68. The molecule has 1 amide bonds. The lowest BCUT2D eigenvalue weighted by Crippen LogP contribution is -2.82. The molecular weight excluding hydrogens is 975 g/mol. The Morgan fingerprint density at radius 3 is 1.89 bits per heavy atom. The van der Waals surface area contributed by atoms with Crippen LogP contribution in [0.2, 0.25) is 36.3 Å². The minimum Gasteiger partial charge on any atom is -0.456 e. The zero-order valence-electron chi connectivity index (χ0n) is 45.5. The number of aliphatic hydroxyl groups is 1. The molecule has 11 atom stereocenters.